The first-order valence-corrected chi connectivity index (χ1v) is 11.1. The van der Waals surface area contributed by atoms with Gasteiger partial charge in [0.05, 0.1) is 17.4 Å². The summed E-state index contributed by atoms with van der Waals surface area (Å²) in [4.78, 5) is 13.4. The largest absolute Gasteiger partial charge is 0.345 e. The molecule has 1 amide bonds. The van der Waals surface area contributed by atoms with Crippen LogP contribution in [0.3, 0.4) is 0 Å². The molecule has 0 aliphatic rings. The Labute approximate surface area is 193 Å². The van der Waals surface area contributed by atoms with Crippen LogP contribution in [0.2, 0.25) is 0 Å². The lowest BCUT2D eigenvalue weighted by molar-refractivity contribution is 0.0939. The zero-order valence-electron chi connectivity index (χ0n) is 19.9. The second-order valence-electron chi connectivity index (χ2n) is 8.40. The van der Waals surface area contributed by atoms with Gasteiger partial charge in [-0.15, -0.1) is 5.10 Å². The Morgan fingerprint density at radius 2 is 1.79 bits per heavy atom. The predicted molar refractivity (Wildman–Crippen MR) is 127 cm³/mol. The molecule has 1 unspecified atom stereocenters. The molecule has 0 fully saturated rings. The molecule has 33 heavy (non-hydrogen) atoms. The molecule has 0 aliphatic heterocycles. The van der Waals surface area contributed by atoms with Crippen LogP contribution in [-0.4, -0.2) is 35.9 Å². The van der Waals surface area contributed by atoms with Crippen molar-refractivity contribution >= 4 is 5.91 Å². The number of nitrogens with zero attached hydrogens (tertiary/aromatic N) is 6. The van der Waals surface area contributed by atoms with Crippen LogP contribution in [0.1, 0.15) is 58.6 Å². The van der Waals surface area contributed by atoms with E-state index in [0.717, 1.165) is 39.6 Å². The molecule has 0 bridgehead atoms. The van der Waals surface area contributed by atoms with Gasteiger partial charge in [0.25, 0.3) is 5.91 Å². The molecular formula is C25H29N7O. The van der Waals surface area contributed by atoms with Gasteiger partial charge in [0.2, 0.25) is 0 Å². The maximum absolute atomic E-state index is 13.4. The van der Waals surface area contributed by atoms with E-state index in [9.17, 15) is 4.79 Å². The SMILES string of the molecule is CCc1nnnn1-c1cc(C(=O)NC(C)c2c(C)nn(C)c2C)cc(-c2ccc(C)cc2)c1. The van der Waals surface area contributed by atoms with E-state index in [1.54, 1.807) is 4.68 Å². The number of aromatic nitrogens is 6. The van der Waals surface area contributed by atoms with Gasteiger partial charge in [-0.1, -0.05) is 36.8 Å². The van der Waals surface area contributed by atoms with Crippen LogP contribution in [-0.2, 0) is 13.5 Å². The third-order valence-corrected chi connectivity index (χ3v) is 6.01. The standard InChI is InChI=1S/C25H29N7O/c1-7-23-27-29-30-32(23)22-13-20(19-10-8-15(2)9-11-19)12-21(14-22)25(33)26-16(3)24-17(4)28-31(6)18(24)5/h8-14,16H,7H2,1-6H3,(H,26,33). The Kier molecular flexibility index (Phi) is 6.09. The highest BCUT2D eigenvalue weighted by Crippen LogP contribution is 2.26. The summed E-state index contributed by atoms with van der Waals surface area (Å²) >= 11 is 0. The molecule has 0 aliphatic carbocycles. The fraction of sp³-hybridized carbons (Fsp3) is 0.320. The number of hydrogen-bond acceptors (Lipinski definition) is 5. The van der Waals surface area contributed by atoms with Crippen LogP contribution in [0.15, 0.2) is 42.5 Å². The summed E-state index contributed by atoms with van der Waals surface area (Å²) in [6.07, 6.45) is 0.680. The van der Waals surface area contributed by atoms with Gasteiger partial charge in [-0.25, -0.2) is 0 Å². The summed E-state index contributed by atoms with van der Waals surface area (Å²) < 4.78 is 3.53. The van der Waals surface area contributed by atoms with Crippen molar-refractivity contribution in [1.82, 2.24) is 35.3 Å². The Hall–Kier alpha value is -3.81. The van der Waals surface area contributed by atoms with Crippen LogP contribution in [0, 0.1) is 20.8 Å². The average Bonchev–Trinajstić information content (AvgIpc) is 3.37. The van der Waals surface area contributed by atoms with Gasteiger partial charge < -0.3 is 5.32 Å². The Bertz CT molecular complexity index is 1300. The highest BCUT2D eigenvalue weighted by atomic mass is 16.1. The summed E-state index contributed by atoms with van der Waals surface area (Å²) in [6.45, 7) is 10.0. The fourth-order valence-electron chi connectivity index (χ4n) is 4.17. The zero-order chi connectivity index (χ0) is 23.7. The molecule has 2 heterocycles. The second-order valence-corrected chi connectivity index (χ2v) is 8.40. The number of rotatable bonds is 6. The molecule has 2 aromatic heterocycles. The molecule has 4 rings (SSSR count). The van der Waals surface area contributed by atoms with Crippen molar-refractivity contribution in [3.8, 4) is 16.8 Å². The van der Waals surface area contributed by atoms with Crippen molar-refractivity contribution in [2.24, 2.45) is 7.05 Å². The van der Waals surface area contributed by atoms with Crippen LogP contribution in [0.5, 0.6) is 0 Å². The molecule has 8 nitrogen and oxygen atoms in total. The molecule has 4 aromatic rings. The number of benzene rings is 2. The van der Waals surface area contributed by atoms with E-state index in [-0.39, 0.29) is 11.9 Å². The number of amides is 1. The van der Waals surface area contributed by atoms with Crippen molar-refractivity contribution in [3.63, 3.8) is 0 Å². The minimum Gasteiger partial charge on any atom is -0.345 e. The Morgan fingerprint density at radius 1 is 1.06 bits per heavy atom. The van der Waals surface area contributed by atoms with Gasteiger partial charge in [-0.2, -0.15) is 9.78 Å². The van der Waals surface area contributed by atoms with Gasteiger partial charge in [0.1, 0.15) is 0 Å². The highest BCUT2D eigenvalue weighted by molar-refractivity contribution is 5.96. The average molecular weight is 444 g/mol. The third kappa shape index (κ3) is 4.41. The summed E-state index contributed by atoms with van der Waals surface area (Å²) in [5.74, 6) is 0.573. The van der Waals surface area contributed by atoms with Crippen molar-refractivity contribution in [2.75, 3.05) is 0 Å². The van der Waals surface area contributed by atoms with Crippen molar-refractivity contribution in [3.05, 3.63) is 76.4 Å². The van der Waals surface area contributed by atoms with Crippen LogP contribution >= 0.6 is 0 Å². The van der Waals surface area contributed by atoms with Gasteiger partial charge in [-0.3, -0.25) is 9.48 Å². The molecule has 0 saturated heterocycles. The summed E-state index contributed by atoms with van der Waals surface area (Å²) in [5, 5.41) is 19.7. The summed E-state index contributed by atoms with van der Waals surface area (Å²) in [6, 6.07) is 13.8. The summed E-state index contributed by atoms with van der Waals surface area (Å²) in [7, 11) is 1.91. The van der Waals surface area contributed by atoms with E-state index in [4.69, 9.17) is 0 Å². The first kappa shape index (κ1) is 22.4. The molecule has 0 spiro atoms. The normalized spacial score (nSPS) is 12.1. The lowest BCUT2D eigenvalue weighted by Gasteiger charge is -2.16. The van der Waals surface area contributed by atoms with E-state index in [1.165, 1.54) is 5.56 Å². The minimum absolute atomic E-state index is 0.161. The van der Waals surface area contributed by atoms with Gasteiger partial charge in [-0.05, 0) is 67.4 Å². The van der Waals surface area contributed by atoms with E-state index in [1.807, 2.05) is 57.6 Å². The van der Waals surface area contributed by atoms with Gasteiger partial charge >= 0.3 is 0 Å². The third-order valence-electron chi connectivity index (χ3n) is 6.01. The van der Waals surface area contributed by atoms with Gasteiger partial charge in [0, 0.05) is 30.3 Å². The molecule has 1 N–H and O–H groups in total. The zero-order valence-corrected chi connectivity index (χ0v) is 19.9. The predicted octanol–water partition coefficient (Wildman–Crippen LogP) is 4.04. The monoisotopic (exact) mass is 443 g/mol. The first-order valence-electron chi connectivity index (χ1n) is 11.1. The second kappa shape index (κ2) is 8.97. The smallest absolute Gasteiger partial charge is 0.251 e. The Balaban J connectivity index is 1.74. The highest BCUT2D eigenvalue weighted by Gasteiger charge is 2.20. The minimum atomic E-state index is -0.183. The topological polar surface area (TPSA) is 90.5 Å². The number of nitrogens with one attached hydrogen (secondary N) is 1. The van der Waals surface area contributed by atoms with Crippen molar-refractivity contribution in [1.29, 1.82) is 0 Å². The maximum atomic E-state index is 13.4. The first-order chi connectivity index (χ1) is 15.8. The molecule has 2 aromatic carbocycles. The molecule has 1 atom stereocenters. The van der Waals surface area contributed by atoms with E-state index < -0.39 is 0 Å². The van der Waals surface area contributed by atoms with E-state index >= 15 is 0 Å². The number of carbonyl (C=O) groups is 1. The van der Waals surface area contributed by atoms with E-state index in [2.05, 4.69) is 57.1 Å². The van der Waals surface area contributed by atoms with Crippen LogP contribution < -0.4 is 5.32 Å². The molecular weight excluding hydrogens is 414 g/mol. The Morgan fingerprint density at radius 3 is 2.42 bits per heavy atom. The number of hydrogen-bond donors (Lipinski definition) is 1. The maximum Gasteiger partial charge on any atom is 0.251 e. The lowest BCUT2D eigenvalue weighted by atomic mass is 10.00. The van der Waals surface area contributed by atoms with Gasteiger partial charge in [0.15, 0.2) is 5.82 Å². The number of aryl methyl sites for hydroxylation is 4. The molecule has 0 radical (unpaired) electrons. The number of tetrazole rings is 1. The molecule has 8 heteroatoms. The quantitative estimate of drug-likeness (QED) is 0.486. The van der Waals surface area contributed by atoms with E-state index in [0.29, 0.717) is 12.0 Å². The fourth-order valence-corrected chi connectivity index (χ4v) is 4.17. The van der Waals surface area contributed by atoms with Crippen molar-refractivity contribution in [2.45, 2.75) is 47.1 Å². The van der Waals surface area contributed by atoms with Crippen LogP contribution in [0.25, 0.3) is 16.8 Å². The molecule has 170 valence electrons. The number of carbonyl (C=O) groups excluding carboxylic acids is 1. The molecule has 0 saturated carbocycles. The van der Waals surface area contributed by atoms with Crippen molar-refractivity contribution < 1.29 is 4.79 Å². The lowest BCUT2D eigenvalue weighted by Crippen LogP contribution is -2.27. The summed E-state index contributed by atoms with van der Waals surface area (Å²) in [5.41, 5.74) is 7.42. The van der Waals surface area contributed by atoms with Crippen LogP contribution in [0.4, 0.5) is 0 Å².